The molecular weight excluding hydrogens is 533 g/mol. The Morgan fingerprint density at radius 2 is 1.68 bits per heavy atom. The third-order valence-electron chi connectivity index (χ3n) is 5.57. The van der Waals surface area contributed by atoms with Crippen molar-refractivity contribution >= 4 is 45.0 Å². The molecule has 1 unspecified atom stereocenters. The van der Waals surface area contributed by atoms with Crippen LogP contribution in [0.3, 0.4) is 0 Å². The first-order chi connectivity index (χ1) is 17.7. The molecule has 1 aromatic heterocycles. The number of halogens is 2. The first kappa shape index (κ1) is 26.6. The van der Waals surface area contributed by atoms with Crippen LogP contribution in [0.1, 0.15) is 11.1 Å². The van der Waals surface area contributed by atoms with E-state index in [2.05, 4.69) is 21.1 Å². The molecule has 190 valence electrons. The highest BCUT2D eigenvalue weighted by atomic mass is 35.5. The van der Waals surface area contributed by atoms with Gasteiger partial charge in [-0.15, -0.1) is 0 Å². The lowest BCUT2D eigenvalue weighted by atomic mass is 9.99. The number of nitrogens with zero attached hydrogens (tertiary/aromatic N) is 1. The van der Waals surface area contributed by atoms with E-state index in [0.29, 0.717) is 12.1 Å². The summed E-state index contributed by atoms with van der Waals surface area (Å²) in [6, 6.07) is 23.6. The highest BCUT2D eigenvalue weighted by Gasteiger charge is 2.27. The third kappa shape index (κ3) is 7.08. The van der Waals surface area contributed by atoms with Crippen LogP contribution in [0.2, 0.25) is 10.0 Å². The fourth-order valence-electron chi connectivity index (χ4n) is 3.71. The molecule has 1 atom stereocenters. The maximum Gasteiger partial charge on any atom is 0.322 e. The van der Waals surface area contributed by atoms with E-state index in [-0.39, 0.29) is 21.4 Å². The van der Waals surface area contributed by atoms with Crippen LogP contribution in [-0.2, 0) is 27.8 Å². The molecule has 10 heteroatoms. The average Bonchev–Trinajstić information content (AvgIpc) is 2.88. The molecule has 0 fully saturated rings. The predicted molar refractivity (Wildman–Crippen MR) is 145 cm³/mol. The number of aliphatic carboxylic acids is 1. The summed E-state index contributed by atoms with van der Waals surface area (Å²) in [7, 11) is -4.19. The Labute approximate surface area is 225 Å². The van der Waals surface area contributed by atoms with Crippen LogP contribution in [-0.4, -0.2) is 30.5 Å². The van der Waals surface area contributed by atoms with Crippen LogP contribution in [0.25, 0.3) is 11.1 Å². The molecule has 4 aromatic rings. The van der Waals surface area contributed by atoms with Gasteiger partial charge in [-0.1, -0.05) is 71.7 Å². The second-order valence-corrected chi connectivity index (χ2v) is 10.8. The Morgan fingerprint density at radius 1 is 0.892 bits per heavy atom. The molecule has 0 aliphatic carbocycles. The minimum absolute atomic E-state index is 0.0475. The van der Waals surface area contributed by atoms with Gasteiger partial charge in [0.05, 0.1) is 5.02 Å². The number of carbonyl (C=O) groups is 1. The Bertz CT molecular complexity index is 1500. The summed E-state index contributed by atoms with van der Waals surface area (Å²) in [4.78, 5) is 15.9. The number of hydrogen-bond acceptors (Lipinski definition) is 5. The van der Waals surface area contributed by atoms with Crippen LogP contribution in [0, 0.1) is 0 Å². The summed E-state index contributed by atoms with van der Waals surface area (Å²) in [5.74, 6) is -0.509. The van der Waals surface area contributed by atoms with Gasteiger partial charge < -0.3 is 10.4 Å². The molecule has 3 N–H and O–H groups in total. The molecule has 0 aliphatic heterocycles. The van der Waals surface area contributed by atoms with Crippen molar-refractivity contribution in [3.8, 4) is 11.1 Å². The van der Waals surface area contributed by atoms with Crippen LogP contribution >= 0.6 is 23.2 Å². The monoisotopic (exact) mass is 555 g/mol. The van der Waals surface area contributed by atoms with Crippen molar-refractivity contribution in [2.45, 2.75) is 23.9 Å². The first-order valence-corrected chi connectivity index (χ1v) is 13.5. The van der Waals surface area contributed by atoms with Gasteiger partial charge in [-0.3, -0.25) is 4.79 Å². The number of anilines is 1. The Hall–Kier alpha value is -3.43. The molecule has 0 spiro atoms. The SMILES string of the molecule is O=C(O)C(Cc1ccc(-c2cccc(CNc3ccccn3)c2)cc1)NS(=O)(=O)c1ccc(Cl)cc1Cl. The number of sulfonamides is 1. The standard InChI is InChI=1S/C27H23Cl2N3O4S/c28-22-11-12-25(23(29)16-22)37(35,36)32-24(27(33)34)15-18-7-9-20(10-8-18)21-5-3-4-19(14-21)17-31-26-6-1-2-13-30-26/h1-14,16,24,32H,15,17H2,(H,30,31)(H,33,34). The number of aromatic nitrogens is 1. The van der Waals surface area contributed by atoms with Crippen molar-refractivity contribution in [3.05, 3.63) is 112 Å². The summed E-state index contributed by atoms with van der Waals surface area (Å²) >= 11 is 11.9. The molecular formula is C27H23Cl2N3O4S. The zero-order valence-electron chi connectivity index (χ0n) is 19.4. The second kappa shape index (κ2) is 11.7. The number of rotatable bonds is 10. The summed E-state index contributed by atoms with van der Waals surface area (Å²) < 4.78 is 27.8. The van der Waals surface area contributed by atoms with Gasteiger partial charge in [0.25, 0.3) is 0 Å². The Morgan fingerprint density at radius 3 is 2.35 bits per heavy atom. The van der Waals surface area contributed by atoms with Gasteiger partial charge in [0, 0.05) is 17.8 Å². The maximum absolute atomic E-state index is 12.8. The average molecular weight is 556 g/mol. The Balaban J connectivity index is 1.45. The van der Waals surface area contributed by atoms with Gasteiger partial charge in [-0.25, -0.2) is 13.4 Å². The quantitative estimate of drug-likeness (QED) is 0.233. The molecule has 1 heterocycles. The summed E-state index contributed by atoms with van der Waals surface area (Å²) in [5, 5.41) is 13.1. The summed E-state index contributed by atoms with van der Waals surface area (Å²) in [6.07, 6.45) is 1.68. The zero-order chi connectivity index (χ0) is 26.4. The predicted octanol–water partition coefficient (Wildman–Crippen LogP) is 5.64. The number of carboxylic acid groups (broad SMARTS) is 1. The van der Waals surface area contributed by atoms with Crippen molar-refractivity contribution in [3.63, 3.8) is 0 Å². The molecule has 0 saturated heterocycles. The zero-order valence-corrected chi connectivity index (χ0v) is 21.8. The second-order valence-electron chi connectivity index (χ2n) is 8.26. The van der Waals surface area contributed by atoms with E-state index in [1.54, 1.807) is 18.3 Å². The maximum atomic E-state index is 12.8. The molecule has 0 bridgehead atoms. The van der Waals surface area contributed by atoms with E-state index in [0.717, 1.165) is 22.5 Å². The largest absolute Gasteiger partial charge is 0.480 e. The van der Waals surface area contributed by atoms with Crippen LogP contribution in [0.5, 0.6) is 0 Å². The first-order valence-electron chi connectivity index (χ1n) is 11.2. The van der Waals surface area contributed by atoms with Crippen LogP contribution < -0.4 is 10.0 Å². The van der Waals surface area contributed by atoms with Crippen molar-refractivity contribution < 1.29 is 18.3 Å². The van der Waals surface area contributed by atoms with Crippen LogP contribution in [0.4, 0.5) is 5.82 Å². The minimum Gasteiger partial charge on any atom is -0.480 e. The van der Waals surface area contributed by atoms with E-state index in [1.807, 2.05) is 48.5 Å². The normalized spacial score (nSPS) is 12.2. The lowest BCUT2D eigenvalue weighted by Crippen LogP contribution is -2.42. The van der Waals surface area contributed by atoms with Crippen LogP contribution in [0.15, 0.2) is 96.0 Å². The summed E-state index contributed by atoms with van der Waals surface area (Å²) in [5.41, 5.74) is 3.69. The molecule has 7 nitrogen and oxygen atoms in total. The van der Waals surface area contributed by atoms with Gasteiger partial charge in [-0.05, 0) is 65.1 Å². The van der Waals surface area contributed by atoms with Gasteiger partial charge in [0.2, 0.25) is 10.0 Å². The van der Waals surface area contributed by atoms with E-state index in [4.69, 9.17) is 23.2 Å². The molecule has 0 aliphatic rings. The minimum atomic E-state index is -4.19. The molecule has 0 radical (unpaired) electrons. The van der Waals surface area contributed by atoms with Gasteiger partial charge in [0.15, 0.2) is 0 Å². The number of hydrogen-bond donors (Lipinski definition) is 3. The lowest BCUT2D eigenvalue weighted by Gasteiger charge is -2.16. The topological polar surface area (TPSA) is 108 Å². The molecule has 37 heavy (non-hydrogen) atoms. The van der Waals surface area contributed by atoms with E-state index < -0.39 is 22.0 Å². The van der Waals surface area contributed by atoms with Crippen molar-refractivity contribution in [2.24, 2.45) is 0 Å². The molecule has 4 rings (SSSR count). The Kier molecular flexibility index (Phi) is 8.45. The smallest absolute Gasteiger partial charge is 0.322 e. The van der Waals surface area contributed by atoms with Gasteiger partial charge >= 0.3 is 5.97 Å². The fourth-order valence-corrected chi connectivity index (χ4v) is 5.67. The number of benzene rings is 3. The van der Waals surface area contributed by atoms with Crippen molar-refractivity contribution in [1.82, 2.24) is 9.71 Å². The third-order valence-corrected chi connectivity index (χ3v) is 7.76. The molecule has 0 saturated carbocycles. The van der Waals surface area contributed by atoms with E-state index in [1.165, 1.54) is 18.2 Å². The number of pyridine rings is 1. The summed E-state index contributed by atoms with van der Waals surface area (Å²) in [6.45, 7) is 0.612. The van der Waals surface area contributed by atoms with E-state index >= 15 is 0 Å². The van der Waals surface area contributed by atoms with Gasteiger partial charge in [0.1, 0.15) is 16.8 Å². The number of nitrogens with one attached hydrogen (secondary N) is 2. The fraction of sp³-hybridized carbons (Fsp3) is 0.111. The highest BCUT2D eigenvalue weighted by molar-refractivity contribution is 7.89. The highest BCUT2D eigenvalue weighted by Crippen LogP contribution is 2.26. The van der Waals surface area contributed by atoms with Crippen molar-refractivity contribution in [1.29, 1.82) is 0 Å². The lowest BCUT2D eigenvalue weighted by molar-refractivity contribution is -0.138. The molecule has 0 amide bonds. The van der Waals surface area contributed by atoms with E-state index in [9.17, 15) is 18.3 Å². The van der Waals surface area contributed by atoms with Crippen molar-refractivity contribution in [2.75, 3.05) is 5.32 Å². The molecule has 3 aromatic carbocycles. The van der Waals surface area contributed by atoms with Gasteiger partial charge in [-0.2, -0.15) is 4.72 Å². The number of carboxylic acids is 1.